The Balaban J connectivity index is 2.02. The molecular formula is C16H14Cl2F4O2. The summed E-state index contributed by atoms with van der Waals surface area (Å²) in [6.07, 6.45) is -3.80. The van der Waals surface area contributed by atoms with Crippen molar-refractivity contribution in [3.05, 3.63) is 45.7 Å². The van der Waals surface area contributed by atoms with E-state index in [4.69, 9.17) is 27.9 Å². The lowest BCUT2D eigenvalue weighted by molar-refractivity contribution is -0.147. The van der Waals surface area contributed by atoms with Crippen LogP contribution in [0.1, 0.15) is 19.4 Å². The van der Waals surface area contributed by atoms with Gasteiger partial charge in [-0.05, 0) is 23.5 Å². The Kier molecular flexibility index (Phi) is 5.21. The summed E-state index contributed by atoms with van der Waals surface area (Å²) in [5.74, 6) is -2.56. The molecule has 8 heteroatoms. The molecule has 132 valence electrons. The first-order chi connectivity index (χ1) is 10.9. The Hall–Kier alpha value is -1.27. The number of benzene rings is 1. The number of hydrogen-bond acceptors (Lipinski definition) is 2. The number of alkyl halides is 3. The molecule has 0 N–H and O–H groups in total. The zero-order chi connectivity index (χ0) is 18.3. The molecule has 2 nitrogen and oxygen atoms in total. The highest BCUT2D eigenvalue weighted by Crippen LogP contribution is 2.60. The monoisotopic (exact) mass is 384 g/mol. The minimum absolute atomic E-state index is 0.106. The van der Waals surface area contributed by atoms with Crippen LogP contribution in [0.3, 0.4) is 0 Å². The third-order valence-electron chi connectivity index (χ3n) is 4.15. The largest absolute Gasteiger partial charge is 0.461 e. The Labute approximate surface area is 146 Å². The number of ether oxygens (including phenoxy) is 1. The molecule has 0 spiro atoms. The van der Waals surface area contributed by atoms with Crippen molar-refractivity contribution in [3.63, 3.8) is 0 Å². The number of allylic oxidation sites excluding steroid dienone is 2. The van der Waals surface area contributed by atoms with Gasteiger partial charge in [-0.1, -0.05) is 49.2 Å². The van der Waals surface area contributed by atoms with Gasteiger partial charge in [0.15, 0.2) is 0 Å². The van der Waals surface area contributed by atoms with Gasteiger partial charge in [0, 0.05) is 5.56 Å². The van der Waals surface area contributed by atoms with Crippen molar-refractivity contribution < 1.29 is 27.1 Å². The summed E-state index contributed by atoms with van der Waals surface area (Å²) in [5, 5.41) is -1.15. The summed E-state index contributed by atoms with van der Waals surface area (Å²) < 4.78 is 55.6. The number of esters is 1. The van der Waals surface area contributed by atoms with E-state index in [0.29, 0.717) is 5.56 Å². The second kappa shape index (κ2) is 6.56. The van der Waals surface area contributed by atoms with E-state index in [1.807, 2.05) is 0 Å². The second-order valence-corrected chi connectivity index (χ2v) is 7.00. The topological polar surface area (TPSA) is 26.3 Å². The Bertz CT molecular complexity index is 683. The fourth-order valence-corrected chi connectivity index (χ4v) is 2.93. The normalized spacial score (nSPS) is 23.1. The SMILES string of the molecule is CC1(C)[C@H](C(=O)OCc2ccc(F)cc2Cl)[C@@H]1C=C(Cl)C(F)(F)F. The summed E-state index contributed by atoms with van der Waals surface area (Å²) in [4.78, 5) is 12.1. The number of hydrogen-bond donors (Lipinski definition) is 0. The van der Waals surface area contributed by atoms with Crippen LogP contribution in [0.15, 0.2) is 29.3 Å². The molecule has 24 heavy (non-hydrogen) atoms. The highest BCUT2D eigenvalue weighted by Gasteiger charge is 2.62. The lowest BCUT2D eigenvalue weighted by Gasteiger charge is -2.07. The van der Waals surface area contributed by atoms with Gasteiger partial charge in [-0.15, -0.1) is 0 Å². The zero-order valence-corrected chi connectivity index (χ0v) is 14.3. The molecule has 0 unspecified atom stereocenters. The molecule has 1 aromatic rings. The van der Waals surface area contributed by atoms with Gasteiger partial charge in [-0.3, -0.25) is 4.79 Å². The Morgan fingerprint density at radius 3 is 2.54 bits per heavy atom. The fourth-order valence-electron chi connectivity index (χ4n) is 2.57. The predicted octanol–water partition coefficient (Wildman–Crippen LogP) is 5.48. The average molecular weight is 385 g/mol. The van der Waals surface area contributed by atoms with Gasteiger partial charge in [0.25, 0.3) is 0 Å². The van der Waals surface area contributed by atoms with Crippen LogP contribution in [0.5, 0.6) is 0 Å². The summed E-state index contributed by atoms with van der Waals surface area (Å²) >= 11 is 11.1. The predicted molar refractivity (Wildman–Crippen MR) is 82.0 cm³/mol. The van der Waals surface area contributed by atoms with E-state index >= 15 is 0 Å². The zero-order valence-electron chi connectivity index (χ0n) is 12.8. The highest BCUT2D eigenvalue weighted by atomic mass is 35.5. The number of halogens is 6. The Morgan fingerprint density at radius 1 is 1.38 bits per heavy atom. The van der Waals surface area contributed by atoms with Crippen molar-refractivity contribution in [2.24, 2.45) is 17.3 Å². The summed E-state index contributed by atoms with van der Waals surface area (Å²) in [6.45, 7) is 3.13. The smallest absolute Gasteiger partial charge is 0.426 e. The Morgan fingerprint density at radius 2 is 2.00 bits per heavy atom. The maximum Gasteiger partial charge on any atom is 0.426 e. The molecular weight excluding hydrogens is 371 g/mol. The first-order valence-corrected chi connectivity index (χ1v) is 7.75. The average Bonchev–Trinajstić information content (AvgIpc) is 2.97. The van der Waals surface area contributed by atoms with Crippen LogP contribution in [-0.2, 0) is 16.1 Å². The number of carbonyl (C=O) groups excluding carboxylic acids is 1. The molecule has 0 bridgehead atoms. The van der Waals surface area contributed by atoms with Gasteiger partial charge in [-0.2, -0.15) is 13.2 Å². The highest BCUT2D eigenvalue weighted by molar-refractivity contribution is 6.31. The molecule has 0 saturated heterocycles. The van der Waals surface area contributed by atoms with Gasteiger partial charge in [-0.25, -0.2) is 4.39 Å². The summed E-state index contributed by atoms with van der Waals surface area (Å²) in [6, 6.07) is 3.63. The first-order valence-electron chi connectivity index (χ1n) is 6.99. The van der Waals surface area contributed by atoms with Crippen LogP contribution in [0.25, 0.3) is 0 Å². The van der Waals surface area contributed by atoms with Gasteiger partial charge < -0.3 is 4.74 Å². The van der Waals surface area contributed by atoms with Crippen LogP contribution < -0.4 is 0 Å². The van der Waals surface area contributed by atoms with E-state index in [9.17, 15) is 22.4 Å². The van der Waals surface area contributed by atoms with E-state index in [1.54, 1.807) is 13.8 Å². The van der Waals surface area contributed by atoms with E-state index in [2.05, 4.69) is 0 Å². The van der Waals surface area contributed by atoms with Crippen LogP contribution in [0.2, 0.25) is 5.02 Å². The molecule has 0 heterocycles. The number of rotatable bonds is 4. The second-order valence-electron chi connectivity index (χ2n) is 6.18. The van der Waals surface area contributed by atoms with E-state index < -0.39 is 40.2 Å². The lowest BCUT2D eigenvalue weighted by Crippen LogP contribution is -2.11. The molecule has 0 aliphatic heterocycles. The van der Waals surface area contributed by atoms with Gasteiger partial charge >= 0.3 is 12.1 Å². The van der Waals surface area contributed by atoms with Crippen LogP contribution in [-0.4, -0.2) is 12.1 Å². The van der Waals surface area contributed by atoms with Gasteiger partial charge in [0.2, 0.25) is 0 Å². The molecule has 0 aromatic heterocycles. The third-order valence-corrected chi connectivity index (χ3v) is 4.84. The van der Waals surface area contributed by atoms with Gasteiger partial charge in [0.1, 0.15) is 17.5 Å². The molecule has 0 amide bonds. The number of carbonyl (C=O) groups is 1. The summed E-state index contributed by atoms with van der Waals surface area (Å²) in [5.41, 5.74) is -0.278. The molecule has 0 radical (unpaired) electrons. The molecule has 2 atom stereocenters. The van der Waals surface area contributed by atoms with E-state index in [-0.39, 0.29) is 11.6 Å². The van der Waals surface area contributed by atoms with Crippen molar-refractivity contribution in [3.8, 4) is 0 Å². The van der Waals surface area contributed by atoms with Crippen molar-refractivity contribution in [1.29, 1.82) is 0 Å². The standard InChI is InChI=1S/C16H14Cl2F4O2/c1-15(2)10(6-12(18)16(20,21)22)13(15)14(23)24-7-8-3-4-9(19)5-11(8)17/h3-6,10,13H,7H2,1-2H3/t10-,13-/m0/s1. The van der Waals surface area contributed by atoms with Gasteiger partial charge in [0.05, 0.1) is 10.9 Å². The van der Waals surface area contributed by atoms with Crippen molar-refractivity contribution in [1.82, 2.24) is 0 Å². The quantitative estimate of drug-likeness (QED) is 0.507. The molecule has 1 aromatic carbocycles. The third kappa shape index (κ3) is 4.03. The van der Waals surface area contributed by atoms with Crippen LogP contribution in [0.4, 0.5) is 17.6 Å². The van der Waals surface area contributed by atoms with E-state index in [1.165, 1.54) is 12.1 Å². The molecule has 1 aliphatic rings. The first kappa shape index (κ1) is 19.1. The maximum absolute atomic E-state index is 13.0. The van der Waals surface area contributed by atoms with E-state index in [0.717, 1.165) is 12.1 Å². The minimum Gasteiger partial charge on any atom is -0.461 e. The molecule has 1 fully saturated rings. The van der Waals surface area contributed by atoms with Crippen LogP contribution >= 0.6 is 23.2 Å². The van der Waals surface area contributed by atoms with Crippen molar-refractivity contribution >= 4 is 29.2 Å². The van der Waals surface area contributed by atoms with Crippen molar-refractivity contribution in [2.75, 3.05) is 0 Å². The van der Waals surface area contributed by atoms with Crippen LogP contribution in [0, 0.1) is 23.1 Å². The maximum atomic E-state index is 13.0. The molecule has 1 aliphatic carbocycles. The molecule has 2 rings (SSSR count). The lowest BCUT2D eigenvalue weighted by atomic mass is 10.1. The molecule has 1 saturated carbocycles. The fraction of sp³-hybridized carbons (Fsp3) is 0.438. The minimum atomic E-state index is -4.64. The van der Waals surface area contributed by atoms with Crippen molar-refractivity contribution in [2.45, 2.75) is 26.6 Å². The summed E-state index contributed by atoms with van der Waals surface area (Å²) in [7, 11) is 0.